The SMILES string of the molecule is COC(=O)C1(NC(C)C)CCC(Sc2n[nH]c(=O)n2C)C1. The molecule has 21 heavy (non-hydrogen) atoms. The molecule has 1 fully saturated rings. The number of thioether (sulfide) groups is 1. The minimum absolute atomic E-state index is 0.197. The van der Waals surface area contributed by atoms with Crippen LogP contribution in [0, 0.1) is 0 Å². The minimum Gasteiger partial charge on any atom is -0.468 e. The van der Waals surface area contributed by atoms with Gasteiger partial charge in [0.1, 0.15) is 5.54 Å². The summed E-state index contributed by atoms with van der Waals surface area (Å²) in [5, 5.41) is 10.7. The Hall–Kier alpha value is -1.28. The molecule has 0 spiro atoms. The third-order valence-electron chi connectivity index (χ3n) is 3.72. The van der Waals surface area contributed by atoms with Crippen LogP contribution in [0.2, 0.25) is 0 Å². The number of nitrogens with zero attached hydrogens (tertiary/aromatic N) is 2. The van der Waals surface area contributed by atoms with Crippen molar-refractivity contribution in [3.8, 4) is 0 Å². The van der Waals surface area contributed by atoms with Crippen molar-refractivity contribution in [3.63, 3.8) is 0 Å². The summed E-state index contributed by atoms with van der Waals surface area (Å²) in [6, 6.07) is 0.197. The Labute approximate surface area is 127 Å². The van der Waals surface area contributed by atoms with Gasteiger partial charge in [0.25, 0.3) is 0 Å². The summed E-state index contributed by atoms with van der Waals surface area (Å²) in [6.07, 6.45) is 2.28. The van der Waals surface area contributed by atoms with Gasteiger partial charge in [0, 0.05) is 18.3 Å². The summed E-state index contributed by atoms with van der Waals surface area (Å²) in [7, 11) is 3.10. The molecular weight excluding hydrogens is 292 g/mol. The van der Waals surface area contributed by atoms with Crippen molar-refractivity contribution in [2.24, 2.45) is 7.05 Å². The Morgan fingerprint density at radius 3 is 2.86 bits per heavy atom. The standard InChI is InChI=1S/C13H22N4O3S/c1-8(2)14-13(10(18)20-4)6-5-9(7-13)21-12-16-15-11(19)17(12)3/h8-9,14H,5-7H2,1-4H3,(H,15,19). The molecule has 1 aliphatic carbocycles. The van der Waals surface area contributed by atoms with Crippen LogP contribution in [0.25, 0.3) is 0 Å². The quantitative estimate of drug-likeness (QED) is 0.776. The first-order chi connectivity index (χ1) is 9.88. The van der Waals surface area contributed by atoms with Gasteiger partial charge in [-0.3, -0.25) is 14.7 Å². The predicted octanol–water partition coefficient (Wildman–Crippen LogP) is 0.663. The first-order valence-electron chi connectivity index (χ1n) is 7.02. The monoisotopic (exact) mass is 314 g/mol. The lowest BCUT2D eigenvalue weighted by Crippen LogP contribution is -2.53. The third kappa shape index (κ3) is 3.32. The predicted molar refractivity (Wildman–Crippen MR) is 80.3 cm³/mol. The van der Waals surface area contributed by atoms with Gasteiger partial charge in [-0.05, 0) is 33.1 Å². The molecule has 0 aliphatic heterocycles. The molecular formula is C13H22N4O3S. The molecule has 2 unspecified atom stereocenters. The van der Waals surface area contributed by atoms with Crippen molar-refractivity contribution in [2.75, 3.05) is 7.11 Å². The summed E-state index contributed by atoms with van der Waals surface area (Å²) in [5.41, 5.74) is -0.856. The van der Waals surface area contributed by atoms with E-state index in [1.165, 1.54) is 23.4 Å². The van der Waals surface area contributed by atoms with Crippen LogP contribution < -0.4 is 11.0 Å². The Kier molecular flexibility index (Phi) is 4.77. The number of nitrogens with one attached hydrogen (secondary N) is 2. The largest absolute Gasteiger partial charge is 0.468 e. The Bertz CT molecular complexity index is 568. The summed E-state index contributed by atoms with van der Waals surface area (Å²) >= 11 is 1.53. The van der Waals surface area contributed by atoms with Crippen LogP contribution >= 0.6 is 11.8 Å². The molecule has 0 saturated heterocycles. The maximum atomic E-state index is 12.2. The molecule has 2 rings (SSSR count). The first-order valence-corrected chi connectivity index (χ1v) is 7.90. The van der Waals surface area contributed by atoms with Gasteiger partial charge in [-0.1, -0.05) is 11.8 Å². The number of carbonyl (C=O) groups excluding carboxylic acids is 1. The van der Waals surface area contributed by atoms with E-state index in [1.54, 1.807) is 7.05 Å². The molecule has 2 N–H and O–H groups in total. The maximum Gasteiger partial charge on any atom is 0.343 e. The number of methoxy groups -OCH3 is 1. The molecule has 118 valence electrons. The second kappa shape index (κ2) is 6.23. The Morgan fingerprint density at radius 2 is 2.33 bits per heavy atom. The van der Waals surface area contributed by atoms with Crippen LogP contribution in [0.5, 0.6) is 0 Å². The highest BCUT2D eigenvalue weighted by Gasteiger charge is 2.47. The van der Waals surface area contributed by atoms with Gasteiger partial charge in [0.05, 0.1) is 7.11 Å². The van der Waals surface area contributed by atoms with E-state index in [0.29, 0.717) is 11.6 Å². The van der Waals surface area contributed by atoms with E-state index in [1.807, 2.05) is 13.8 Å². The summed E-state index contributed by atoms with van der Waals surface area (Å²) in [5.74, 6) is -0.213. The summed E-state index contributed by atoms with van der Waals surface area (Å²) in [4.78, 5) is 23.6. The minimum atomic E-state index is -0.629. The fourth-order valence-electron chi connectivity index (χ4n) is 2.81. The lowest BCUT2D eigenvalue weighted by atomic mass is 9.97. The number of rotatable bonds is 5. The normalized spacial score (nSPS) is 25.5. The fourth-order valence-corrected chi connectivity index (χ4v) is 4.05. The summed E-state index contributed by atoms with van der Waals surface area (Å²) in [6.45, 7) is 4.03. The Balaban J connectivity index is 2.11. The molecule has 1 aromatic heterocycles. The van der Waals surface area contributed by atoms with Crippen molar-refractivity contribution in [1.29, 1.82) is 0 Å². The number of aromatic amines is 1. The van der Waals surface area contributed by atoms with E-state index in [9.17, 15) is 9.59 Å². The summed E-state index contributed by atoms with van der Waals surface area (Å²) < 4.78 is 6.46. The van der Waals surface area contributed by atoms with Crippen molar-refractivity contribution in [2.45, 2.75) is 55.1 Å². The second-order valence-electron chi connectivity index (χ2n) is 5.73. The van der Waals surface area contributed by atoms with Crippen LogP contribution in [-0.2, 0) is 16.6 Å². The van der Waals surface area contributed by atoms with Gasteiger partial charge in [-0.25, -0.2) is 9.89 Å². The number of H-pyrrole nitrogens is 1. The highest BCUT2D eigenvalue weighted by Crippen LogP contribution is 2.40. The lowest BCUT2D eigenvalue weighted by Gasteiger charge is -2.30. The molecule has 0 bridgehead atoms. The molecule has 7 nitrogen and oxygen atoms in total. The van der Waals surface area contributed by atoms with Gasteiger partial charge in [-0.15, -0.1) is 5.10 Å². The number of hydrogen-bond acceptors (Lipinski definition) is 6. The highest BCUT2D eigenvalue weighted by atomic mass is 32.2. The van der Waals surface area contributed by atoms with Crippen molar-refractivity contribution < 1.29 is 9.53 Å². The smallest absolute Gasteiger partial charge is 0.343 e. The molecule has 8 heteroatoms. The molecule has 1 aliphatic rings. The number of carbonyl (C=O) groups is 1. The van der Waals surface area contributed by atoms with Crippen LogP contribution in [0.15, 0.2) is 9.95 Å². The second-order valence-corrected chi connectivity index (χ2v) is 6.99. The van der Waals surface area contributed by atoms with E-state index in [2.05, 4.69) is 15.5 Å². The molecule has 1 heterocycles. The van der Waals surface area contributed by atoms with Gasteiger partial charge >= 0.3 is 11.7 Å². The van der Waals surface area contributed by atoms with E-state index in [-0.39, 0.29) is 23.0 Å². The number of hydrogen-bond donors (Lipinski definition) is 2. The number of esters is 1. The van der Waals surface area contributed by atoms with E-state index in [4.69, 9.17) is 4.74 Å². The third-order valence-corrected chi connectivity index (χ3v) is 5.03. The highest BCUT2D eigenvalue weighted by molar-refractivity contribution is 7.99. The van der Waals surface area contributed by atoms with Crippen molar-refractivity contribution in [1.82, 2.24) is 20.1 Å². The lowest BCUT2D eigenvalue weighted by molar-refractivity contribution is -0.148. The van der Waals surface area contributed by atoms with Crippen molar-refractivity contribution in [3.05, 3.63) is 10.5 Å². The van der Waals surface area contributed by atoms with Crippen LogP contribution in [0.4, 0.5) is 0 Å². The zero-order valence-electron chi connectivity index (χ0n) is 12.8. The molecule has 0 radical (unpaired) electrons. The molecule has 1 aromatic rings. The topological polar surface area (TPSA) is 89.0 Å². The van der Waals surface area contributed by atoms with E-state index in [0.717, 1.165) is 12.8 Å². The Morgan fingerprint density at radius 1 is 1.62 bits per heavy atom. The van der Waals surface area contributed by atoms with Gasteiger partial charge in [0.15, 0.2) is 5.16 Å². The average molecular weight is 314 g/mol. The van der Waals surface area contributed by atoms with Crippen LogP contribution in [-0.4, -0.2) is 44.7 Å². The van der Waals surface area contributed by atoms with E-state index < -0.39 is 5.54 Å². The molecule has 1 saturated carbocycles. The van der Waals surface area contributed by atoms with Crippen molar-refractivity contribution >= 4 is 17.7 Å². The van der Waals surface area contributed by atoms with Gasteiger partial charge in [-0.2, -0.15) is 0 Å². The average Bonchev–Trinajstić information content (AvgIpc) is 2.97. The van der Waals surface area contributed by atoms with Crippen LogP contribution in [0.3, 0.4) is 0 Å². The zero-order chi connectivity index (χ0) is 15.6. The maximum absolute atomic E-state index is 12.2. The first kappa shape index (κ1) is 16.1. The number of ether oxygens (including phenoxy) is 1. The number of aromatic nitrogens is 3. The van der Waals surface area contributed by atoms with Gasteiger partial charge in [0.2, 0.25) is 0 Å². The van der Waals surface area contributed by atoms with E-state index >= 15 is 0 Å². The zero-order valence-corrected chi connectivity index (χ0v) is 13.6. The molecule has 2 atom stereocenters. The molecule has 0 amide bonds. The van der Waals surface area contributed by atoms with Crippen LogP contribution in [0.1, 0.15) is 33.1 Å². The molecule has 0 aromatic carbocycles. The van der Waals surface area contributed by atoms with Gasteiger partial charge < -0.3 is 4.74 Å². The fraction of sp³-hybridized carbons (Fsp3) is 0.769.